The third-order valence-corrected chi connectivity index (χ3v) is 9.52. The fraction of sp³-hybridized carbons (Fsp3) is 0.769. The molecule has 0 aromatic rings. The Morgan fingerprint density at radius 2 is 1.75 bits per heavy atom. The minimum atomic E-state index is -1.23. The highest BCUT2D eigenvalue weighted by molar-refractivity contribution is 5.93. The molecule has 0 spiro atoms. The van der Waals surface area contributed by atoms with Crippen LogP contribution < -0.4 is 0 Å². The second-order valence-electron chi connectivity index (χ2n) is 10.8. The average Bonchev–Trinajstić information content (AvgIpc) is 3.05. The fourth-order valence-electron chi connectivity index (χ4n) is 7.79. The van der Waals surface area contributed by atoms with Crippen molar-refractivity contribution in [1.82, 2.24) is 0 Å². The van der Waals surface area contributed by atoms with Gasteiger partial charge in [0.25, 0.3) is 0 Å². The molecule has 0 aromatic heterocycles. The van der Waals surface area contributed by atoms with Gasteiger partial charge in [-0.05, 0) is 74.2 Å². The summed E-state index contributed by atoms with van der Waals surface area (Å²) >= 11 is 0. The molecule has 0 radical (unpaired) electrons. The van der Waals surface area contributed by atoms with E-state index in [0.29, 0.717) is 24.7 Å². The Morgan fingerprint density at radius 3 is 2.44 bits per heavy atom. The molecule has 176 valence electrons. The van der Waals surface area contributed by atoms with E-state index in [2.05, 4.69) is 13.8 Å². The Labute approximate surface area is 190 Å². The molecule has 3 fully saturated rings. The maximum atomic E-state index is 13.5. The molecule has 0 amide bonds. The summed E-state index contributed by atoms with van der Waals surface area (Å²) in [6.07, 6.45) is 8.62. The molecule has 0 N–H and O–H groups in total. The second kappa shape index (κ2) is 8.11. The Balaban J connectivity index is 1.67. The van der Waals surface area contributed by atoms with Crippen LogP contribution in [0.4, 0.5) is 0 Å². The van der Waals surface area contributed by atoms with Gasteiger partial charge < -0.3 is 9.47 Å². The van der Waals surface area contributed by atoms with Gasteiger partial charge in [0.1, 0.15) is 0 Å². The lowest BCUT2D eigenvalue weighted by Gasteiger charge is -2.59. The van der Waals surface area contributed by atoms with Gasteiger partial charge >= 0.3 is 11.9 Å². The lowest BCUT2D eigenvalue weighted by molar-refractivity contribution is -0.192. The lowest BCUT2D eigenvalue weighted by atomic mass is 9.46. The Hall–Kier alpha value is -1.98. The molecule has 0 heterocycles. The molecular weight excluding hydrogens is 408 g/mol. The van der Waals surface area contributed by atoms with Crippen LogP contribution in [-0.4, -0.2) is 35.7 Å². The van der Waals surface area contributed by atoms with Crippen molar-refractivity contribution < 1.29 is 28.7 Å². The van der Waals surface area contributed by atoms with E-state index in [4.69, 9.17) is 9.47 Å². The van der Waals surface area contributed by atoms with E-state index in [0.717, 1.165) is 38.5 Å². The van der Waals surface area contributed by atoms with Crippen LogP contribution in [0, 0.1) is 28.6 Å². The normalized spacial score (nSPS) is 40.4. The molecule has 6 atom stereocenters. The van der Waals surface area contributed by atoms with Crippen molar-refractivity contribution in [3.63, 3.8) is 0 Å². The second-order valence-corrected chi connectivity index (χ2v) is 10.8. The average molecular weight is 445 g/mol. The van der Waals surface area contributed by atoms with Gasteiger partial charge in [-0.25, -0.2) is 0 Å². The van der Waals surface area contributed by atoms with Gasteiger partial charge in [-0.1, -0.05) is 26.3 Å². The largest absolute Gasteiger partial charge is 0.458 e. The Morgan fingerprint density at radius 1 is 1.03 bits per heavy atom. The molecular formula is C26H36O6. The van der Waals surface area contributed by atoms with Crippen molar-refractivity contribution in [2.45, 2.75) is 91.1 Å². The number of carbonyl (C=O) groups is 4. The van der Waals surface area contributed by atoms with Crippen molar-refractivity contribution in [3.8, 4) is 0 Å². The highest BCUT2D eigenvalue weighted by Crippen LogP contribution is 2.68. The highest BCUT2D eigenvalue weighted by Gasteiger charge is 2.68. The Kier molecular flexibility index (Phi) is 5.87. The van der Waals surface area contributed by atoms with Crippen LogP contribution in [0.25, 0.3) is 0 Å². The van der Waals surface area contributed by atoms with E-state index in [1.165, 1.54) is 12.5 Å². The van der Waals surface area contributed by atoms with Crippen molar-refractivity contribution in [2.75, 3.05) is 6.61 Å². The molecule has 6 heteroatoms. The molecule has 32 heavy (non-hydrogen) atoms. The summed E-state index contributed by atoms with van der Waals surface area (Å²) in [5.74, 6) is 0.260. The maximum absolute atomic E-state index is 13.5. The summed E-state index contributed by atoms with van der Waals surface area (Å²) < 4.78 is 11.1. The van der Waals surface area contributed by atoms with Crippen molar-refractivity contribution in [2.24, 2.45) is 28.6 Å². The summed E-state index contributed by atoms with van der Waals surface area (Å²) in [7, 11) is 0. The highest BCUT2D eigenvalue weighted by atomic mass is 16.6. The quantitative estimate of drug-likeness (QED) is 0.586. The lowest BCUT2D eigenvalue weighted by Crippen LogP contribution is -2.60. The minimum absolute atomic E-state index is 0.0469. The zero-order valence-corrected chi connectivity index (χ0v) is 19.8. The molecule has 0 aromatic carbocycles. The van der Waals surface area contributed by atoms with Gasteiger partial charge in [-0.3, -0.25) is 19.2 Å². The number of esters is 2. The van der Waals surface area contributed by atoms with E-state index in [1.54, 1.807) is 6.92 Å². The van der Waals surface area contributed by atoms with Gasteiger partial charge in [0.05, 0.1) is 0 Å². The van der Waals surface area contributed by atoms with Crippen LogP contribution in [0.3, 0.4) is 0 Å². The maximum Gasteiger partial charge on any atom is 0.306 e. The Bertz CT molecular complexity index is 874. The predicted octanol–water partition coefficient (Wildman–Crippen LogP) is 4.34. The van der Waals surface area contributed by atoms with Crippen molar-refractivity contribution >= 4 is 23.5 Å². The molecule has 5 unspecified atom stereocenters. The van der Waals surface area contributed by atoms with E-state index in [9.17, 15) is 19.2 Å². The van der Waals surface area contributed by atoms with Gasteiger partial charge in [0.15, 0.2) is 18.0 Å². The van der Waals surface area contributed by atoms with E-state index < -0.39 is 17.0 Å². The van der Waals surface area contributed by atoms with Crippen LogP contribution in [-0.2, 0) is 28.7 Å². The third-order valence-electron chi connectivity index (χ3n) is 9.52. The topological polar surface area (TPSA) is 86.7 Å². The predicted molar refractivity (Wildman–Crippen MR) is 117 cm³/mol. The third kappa shape index (κ3) is 3.36. The van der Waals surface area contributed by atoms with Crippen LogP contribution in [0.2, 0.25) is 0 Å². The molecule has 4 rings (SSSR count). The first kappa shape index (κ1) is 23.2. The number of hydrogen-bond donors (Lipinski definition) is 0. The summed E-state index contributed by atoms with van der Waals surface area (Å²) in [6.45, 7) is 7.11. The summed E-state index contributed by atoms with van der Waals surface area (Å²) in [4.78, 5) is 49.4. The molecule has 3 saturated carbocycles. The number of Topliss-reactive ketones (excluding diaryl/α,β-unsaturated/α-hetero) is 1. The first-order valence-corrected chi connectivity index (χ1v) is 12.2. The van der Waals surface area contributed by atoms with Crippen LogP contribution >= 0.6 is 0 Å². The molecule has 6 nitrogen and oxygen atoms in total. The standard InChI is InChI=1S/C26H36O6/c1-5-23(30)32-26(22(29)15-31-16(2)27)13-10-21-19-7-6-17-14-18(28)8-11-24(17,3)20(19)9-12-25(21,26)4/h14,19-21H,5-13,15H2,1-4H3/t19?,20?,21?,24?,25?,26-/m0/s1. The van der Waals surface area contributed by atoms with Gasteiger partial charge in [0.2, 0.25) is 5.78 Å². The van der Waals surface area contributed by atoms with Gasteiger partial charge in [0, 0.05) is 25.2 Å². The molecule has 0 bridgehead atoms. The van der Waals surface area contributed by atoms with Crippen molar-refractivity contribution in [3.05, 3.63) is 11.6 Å². The molecule has 0 saturated heterocycles. The van der Waals surface area contributed by atoms with Crippen molar-refractivity contribution in [1.29, 1.82) is 0 Å². The zero-order chi connectivity index (χ0) is 23.3. The summed E-state index contributed by atoms with van der Waals surface area (Å²) in [5.41, 5.74) is -0.347. The molecule has 4 aliphatic rings. The number of rotatable bonds is 5. The van der Waals surface area contributed by atoms with E-state index >= 15 is 0 Å². The SMILES string of the molecule is CCC(=O)O[C@]1(C(=O)COC(C)=O)CCC2C3CCC4=CC(=O)CCC4(C)C3CCC21C. The summed E-state index contributed by atoms with van der Waals surface area (Å²) in [6, 6.07) is 0. The number of carbonyl (C=O) groups excluding carboxylic acids is 4. The fourth-order valence-corrected chi connectivity index (χ4v) is 7.79. The minimum Gasteiger partial charge on any atom is -0.458 e. The monoisotopic (exact) mass is 444 g/mol. The van der Waals surface area contributed by atoms with Crippen LogP contribution in [0.1, 0.15) is 85.5 Å². The smallest absolute Gasteiger partial charge is 0.306 e. The number of hydrogen-bond acceptors (Lipinski definition) is 6. The number of allylic oxidation sites excluding steroid dienone is 1. The molecule has 0 aliphatic heterocycles. The van der Waals surface area contributed by atoms with Gasteiger partial charge in [-0.15, -0.1) is 0 Å². The number of fused-ring (bicyclic) bond motifs is 5. The number of ether oxygens (including phenoxy) is 2. The van der Waals surface area contributed by atoms with E-state index in [-0.39, 0.29) is 41.9 Å². The molecule has 4 aliphatic carbocycles. The van der Waals surface area contributed by atoms with Gasteiger partial charge in [-0.2, -0.15) is 0 Å². The number of ketones is 2. The zero-order valence-electron chi connectivity index (χ0n) is 19.8. The first-order valence-electron chi connectivity index (χ1n) is 12.2. The summed E-state index contributed by atoms with van der Waals surface area (Å²) in [5, 5.41) is 0. The van der Waals surface area contributed by atoms with Crippen LogP contribution in [0.15, 0.2) is 11.6 Å². The van der Waals surface area contributed by atoms with Crippen LogP contribution in [0.5, 0.6) is 0 Å². The van der Waals surface area contributed by atoms with E-state index in [1.807, 2.05) is 6.08 Å². The first-order chi connectivity index (χ1) is 15.1.